The summed E-state index contributed by atoms with van der Waals surface area (Å²) in [6.45, 7) is 2.15. The highest BCUT2D eigenvalue weighted by Crippen LogP contribution is 2.38. The number of esters is 1. The molecule has 1 saturated carbocycles. The Labute approximate surface area is 117 Å². The molecule has 2 aromatic rings. The van der Waals surface area contributed by atoms with Crippen LogP contribution in [0, 0.1) is 0 Å². The fourth-order valence-electron chi connectivity index (χ4n) is 2.22. The number of ether oxygens (including phenoxy) is 1. The fraction of sp³-hybridized carbons (Fsp3) is 0.400. The summed E-state index contributed by atoms with van der Waals surface area (Å²) in [6.07, 6.45) is 2.29. The molecule has 1 aliphatic carbocycles. The first-order valence-electron chi connectivity index (χ1n) is 6.93. The van der Waals surface area contributed by atoms with E-state index in [9.17, 15) is 4.79 Å². The van der Waals surface area contributed by atoms with Crippen molar-refractivity contribution in [1.82, 2.24) is 15.2 Å². The van der Waals surface area contributed by atoms with E-state index in [1.165, 1.54) is 0 Å². The van der Waals surface area contributed by atoms with E-state index in [1.54, 1.807) is 6.92 Å². The lowest BCUT2D eigenvalue weighted by Gasteiger charge is -2.12. The zero-order valence-corrected chi connectivity index (χ0v) is 11.4. The predicted octanol–water partition coefficient (Wildman–Crippen LogP) is 2.38. The lowest BCUT2D eigenvalue weighted by atomic mass is 9.98. The number of benzene rings is 1. The van der Waals surface area contributed by atoms with E-state index in [0.29, 0.717) is 18.3 Å². The lowest BCUT2D eigenvalue weighted by Crippen LogP contribution is -2.18. The van der Waals surface area contributed by atoms with Crippen molar-refractivity contribution < 1.29 is 9.53 Å². The van der Waals surface area contributed by atoms with E-state index in [0.717, 1.165) is 24.2 Å². The van der Waals surface area contributed by atoms with Gasteiger partial charge in [-0.05, 0) is 25.3 Å². The Kier molecular flexibility index (Phi) is 3.50. The molecule has 0 amide bonds. The average Bonchev–Trinajstić information content (AvgIpc) is 3.21. The largest absolute Gasteiger partial charge is 0.465 e. The first kappa shape index (κ1) is 12.8. The number of rotatable bonds is 5. The summed E-state index contributed by atoms with van der Waals surface area (Å²) < 4.78 is 5.17. The summed E-state index contributed by atoms with van der Waals surface area (Å²) in [5.74, 6) is 0.997. The summed E-state index contributed by atoms with van der Waals surface area (Å²) in [7, 11) is 0. The molecule has 1 aromatic heterocycles. The maximum absolute atomic E-state index is 12.2. The molecule has 104 valence electrons. The van der Waals surface area contributed by atoms with Crippen LogP contribution in [0.1, 0.15) is 48.8 Å². The number of hydrogen-bond donors (Lipinski definition) is 1. The summed E-state index contributed by atoms with van der Waals surface area (Å²) in [6, 6.07) is 9.51. The number of hydrogen-bond acceptors (Lipinski definition) is 4. The molecule has 0 radical (unpaired) electrons. The van der Waals surface area contributed by atoms with Gasteiger partial charge in [-0.1, -0.05) is 30.3 Å². The van der Waals surface area contributed by atoms with Gasteiger partial charge in [-0.25, -0.2) is 4.98 Å². The Morgan fingerprint density at radius 3 is 2.80 bits per heavy atom. The van der Waals surface area contributed by atoms with Crippen molar-refractivity contribution in [2.45, 2.75) is 31.6 Å². The lowest BCUT2D eigenvalue weighted by molar-refractivity contribution is -0.144. The van der Waals surface area contributed by atoms with Gasteiger partial charge in [0.05, 0.1) is 6.61 Å². The van der Waals surface area contributed by atoms with E-state index in [-0.39, 0.29) is 5.97 Å². The zero-order chi connectivity index (χ0) is 13.9. The number of carbonyl (C=O) groups excluding carboxylic acids is 1. The number of H-pyrrole nitrogens is 1. The highest BCUT2D eigenvalue weighted by molar-refractivity contribution is 5.81. The third-order valence-electron chi connectivity index (χ3n) is 3.40. The predicted molar refractivity (Wildman–Crippen MR) is 73.3 cm³/mol. The second-order valence-electron chi connectivity index (χ2n) is 4.95. The molecule has 1 aliphatic rings. The second-order valence-corrected chi connectivity index (χ2v) is 4.95. The fourth-order valence-corrected chi connectivity index (χ4v) is 2.22. The first-order chi connectivity index (χ1) is 9.79. The van der Waals surface area contributed by atoms with Gasteiger partial charge in [0.15, 0.2) is 5.82 Å². The Bertz CT molecular complexity index is 590. The summed E-state index contributed by atoms with van der Waals surface area (Å²) in [4.78, 5) is 16.7. The van der Waals surface area contributed by atoms with E-state index >= 15 is 0 Å². The van der Waals surface area contributed by atoms with Crippen LogP contribution in [0.25, 0.3) is 0 Å². The Morgan fingerprint density at radius 1 is 1.40 bits per heavy atom. The first-order valence-corrected chi connectivity index (χ1v) is 6.93. The van der Waals surface area contributed by atoms with E-state index in [1.807, 2.05) is 30.3 Å². The Balaban J connectivity index is 1.93. The number of aromatic amines is 1. The minimum atomic E-state index is -0.556. The van der Waals surface area contributed by atoms with Crippen LogP contribution in [-0.4, -0.2) is 27.8 Å². The van der Waals surface area contributed by atoms with Crippen LogP contribution in [0.2, 0.25) is 0 Å². The molecule has 20 heavy (non-hydrogen) atoms. The van der Waals surface area contributed by atoms with Crippen molar-refractivity contribution in [2.75, 3.05) is 6.61 Å². The number of nitrogens with one attached hydrogen (secondary N) is 1. The van der Waals surface area contributed by atoms with Gasteiger partial charge in [-0.15, -0.1) is 0 Å². The van der Waals surface area contributed by atoms with Crippen molar-refractivity contribution >= 4 is 5.97 Å². The summed E-state index contributed by atoms with van der Waals surface area (Å²) >= 11 is 0. The average molecular weight is 271 g/mol. The zero-order valence-electron chi connectivity index (χ0n) is 11.4. The molecule has 0 aliphatic heterocycles. The number of aromatic nitrogens is 3. The van der Waals surface area contributed by atoms with Gasteiger partial charge in [-0.2, -0.15) is 5.10 Å². The van der Waals surface area contributed by atoms with Gasteiger partial charge in [0, 0.05) is 5.92 Å². The molecule has 1 fully saturated rings. The topological polar surface area (TPSA) is 67.9 Å². The molecular weight excluding hydrogens is 254 g/mol. The normalized spacial score (nSPS) is 15.8. The summed E-state index contributed by atoms with van der Waals surface area (Å²) in [5, 5.41) is 7.17. The monoisotopic (exact) mass is 271 g/mol. The SMILES string of the molecule is CCOC(=O)C(c1ccccc1)c1n[nH]c(C2CC2)n1. The van der Waals surface area contributed by atoms with Crippen LogP contribution in [0.15, 0.2) is 30.3 Å². The standard InChI is InChI=1S/C15H17N3O2/c1-2-20-15(19)12(10-6-4-3-5-7-10)14-16-13(17-18-14)11-8-9-11/h3-7,11-12H,2,8-9H2,1H3,(H,16,17,18). The van der Waals surface area contributed by atoms with E-state index < -0.39 is 5.92 Å². The van der Waals surface area contributed by atoms with Gasteiger partial charge < -0.3 is 4.74 Å². The second kappa shape index (κ2) is 5.45. The molecule has 0 saturated heterocycles. The molecule has 0 bridgehead atoms. The van der Waals surface area contributed by atoms with Gasteiger partial charge in [0.1, 0.15) is 11.7 Å². The Morgan fingerprint density at radius 2 is 2.15 bits per heavy atom. The molecule has 3 rings (SSSR count). The third kappa shape index (κ3) is 2.57. The van der Waals surface area contributed by atoms with Crippen LogP contribution in [0.5, 0.6) is 0 Å². The van der Waals surface area contributed by atoms with Crippen molar-refractivity contribution in [3.05, 3.63) is 47.5 Å². The van der Waals surface area contributed by atoms with Crippen molar-refractivity contribution in [3.63, 3.8) is 0 Å². The quantitative estimate of drug-likeness (QED) is 0.848. The molecule has 1 aromatic carbocycles. The third-order valence-corrected chi connectivity index (χ3v) is 3.40. The van der Waals surface area contributed by atoms with Gasteiger partial charge in [0.25, 0.3) is 0 Å². The maximum atomic E-state index is 12.2. The van der Waals surface area contributed by atoms with Gasteiger partial charge in [-0.3, -0.25) is 9.89 Å². The van der Waals surface area contributed by atoms with Crippen molar-refractivity contribution in [2.24, 2.45) is 0 Å². The molecule has 1 unspecified atom stereocenters. The molecule has 5 nitrogen and oxygen atoms in total. The molecule has 1 atom stereocenters. The van der Waals surface area contributed by atoms with Gasteiger partial charge in [0.2, 0.25) is 0 Å². The molecule has 1 heterocycles. The minimum Gasteiger partial charge on any atom is -0.465 e. The van der Waals surface area contributed by atoms with Crippen LogP contribution in [-0.2, 0) is 9.53 Å². The number of carbonyl (C=O) groups is 1. The van der Waals surface area contributed by atoms with Gasteiger partial charge >= 0.3 is 5.97 Å². The molecular formula is C15H17N3O2. The van der Waals surface area contributed by atoms with Crippen LogP contribution >= 0.6 is 0 Å². The number of nitrogens with zero attached hydrogens (tertiary/aromatic N) is 2. The smallest absolute Gasteiger partial charge is 0.321 e. The van der Waals surface area contributed by atoms with E-state index in [2.05, 4.69) is 15.2 Å². The molecule has 0 spiro atoms. The highest BCUT2D eigenvalue weighted by Gasteiger charge is 2.32. The summed E-state index contributed by atoms with van der Waals surface area (Å²) in [5.41, 5.74) is 0.854. The van der Waals surface area contributed by atoms with Crippen LogP contribution < -0.4 is 0 Å². The van der Waals surface area contributed by atoms with Crippen molar-refractivity contribution in [3.8, 4) is 0 Å². The molecule has 1 N–H and O–H groups in total. The van der Waals surface area contributed by atoms with Crippen LogP contribution in [0.3, 0.4) is 0 Å². The Hall–Kier alpha value is -2.17. The maximum Gasteiger partial charge on any atom is 0.321 e. The van der Waals surface area contributed by atoms with Crippen LogP contribution in [0.4, 0.5) is 0 Å². The highest BCUT2D eigenvalue weighted by atomic mass is 16.5. The molecule has 5 heteroatoms. The van der Waals surface area contributed by atoms with E-state index in [4.69, 9.17) is 4.74 Å². The minimum absolute atomic E-state index is 0.306. The van der Waals surface area contributed by atoms with Crippen molar-refractivity contribution in [1.29, 1.82) is 0 Å².